The molecular weight excluding hydrogens is 184 g/mol. The Kier molecular flexibility index (Phi) is 3.42. The zero-order valence-electron chi connectivity index (χ0n) is 9.75. The van der Waals surface area contributed by atoms with Crippen molar-refractivity contribution >= 4 is 0 Å². The first-order valence-electron chi connectivity index (χ1n) is 5.93. The highest BCUT2D eigenvalue weighted by molar-refractivity contribution is 5.38. The van der Waals surface area contributed by atoms with E-state index in [0.29, 0.717) is 6.10 Å². The maximum atomic E-state index is 5.86. The van der Waals surface area contributed by atoms with Gasteiger partial charge in [-0.15, -0.1) is 0 Å². The summed E-state index contributed by atoms with van der Waals surface area (Å²) in [6, 6.07) is 0. The standard InChI is InChI=1S/C14H20O/c1-11-6-5-7-12(2)13(10-11)14-8-3-4-9-15-14/h5-6,10,14H,3-4,7-9H2,1-2H3. The lowest BCUT2D eigenvalue weighted by atomic mass is 9.95. The SMILES string of the molecule is CC1=CC(C2CCCCO2)=C(C)CC=C1. The van der Waals surface area contributed by atoms with Crippen LogP contribution in [0.4, 0.5) is 0 Å². The van der Waals surface area contributed by atoms with Crippen LogP contribution in [-0.4, -0.2) is 12.7 Å². The van der Waals surface area contributed by atoms with Crippen molar-refractivity contribution in [3.8, 4) is 0 Å². The fraction of sp³-hybridized carbons (Fsp3) is 0.571. The Labute approximate surface area is 92.5 Å². The molecule has 1 aliphatic carbocycles. The number of allylic oxidation sites excluding steroid dienone is 4. The number of hydrogen-bond acceptors (Lipinski definition) is 1. The van der Waals surface area contributed by atoms with Gasteiger partial charge in [0.15, 0.2) is 0 Å². The second-order valence-corrected chi connectivity index (χ2v) is 4.59. The van der Waals surface area contributed by atoms with Crippen molar-refractivity contribution in [1.82, 2.24) is 0 Å². The Hall–Kier alpha value is -0.820. The average molecular weight is 204 g/mol. The Balaban J connectivity index is 2.21. The first kappa shape index (κ1) is 10.7. The number of hydrogen-bond donors (Lipinski definition) is 0. The molecule has 0 spiro atoms. The highest BCUT2D eigenvalue weighted by atomic mass is 16.5. The van der Waals surface area contributed by atoms with Gasteiger partial charge in [0.05, 0.1) is 6.10 Å². The summed E-state index contributed by atoms with van der Waals surface area (Å²) in [5, 5.41) is 0. The molecule has 0 aromatic rings. The van der Waals surface area contributed by atoms with E-state index in [-0.39, 0.29) is 0 Å². The average Bonchev–Trinajstić information content (AvgIpc) is 2.42. The zero-order valence-corrected chi connectivity index (χ0v) is 9.75. The predicted molar refractivity (Wildman–Crippen MR) is 63.8 cm³/mol. The largest absolute Gasteiger partial charge is 0.374 e. The van der Waals surface area contributed by atoms with E-state index in [9.17, 15) is 0 Å². The molecule has 1 aliphatic heterocycles. The van der Waals surface area contributed by atoms with Crippen LogP contribution in [-0.2, 0) is 4.74 Å². The molecule has 1 heterocycles. The molecular formula is C14H20O. The maximum absolute atomic E-state index is 5.86. The van der Waals surface area contributed by atoms with Gasteiger partial charge in [0.1, 0.15) is 0 Å². The highest BCUT2D eigenvalue weighted by Crippen LogP contribution is 2.27. The lowest BCUT2D eigenvalue weighted by molar-refractivity contribution is 0.0408. The second-order valence-electron chi connectivity index (χ2n) is 4.59. The molecule has 1 nitrogen and oxygen atoms in total. The van der Waals surface area contributed by atoms with Crippen molar-refractivity contribution in [1.29, 1.82) is 0 Å². The summed E-state index contributed by atoms with van der Waals surface area (Å²) in [6.45, 7) is 5.33. The van der Waals surface area contributed by atoms with Gasteiger partial charge in [0, 0.05) is 6.61 Å². The molecule has 2 rings (SSSR count). The first-order chi connectivity index (χ1) is 7.27. The number of rotatable bonds is 1. The molecule has 0 amide bonds. The van der Waals surface area contributed by atoms with Gasteiger partial charge < -0.3 is 4.74 Å². The summed E-state index contributed by atoms with van der Waals surface area (Å²) in [5.41, 5.74) is 4.24. The molecule has 0 N–H and O–H groups in total. The van der Waals surface area contributed by atoms with Crippen LogP contribution >= 0.6 is 0 Å². The van der Waals surface area contributed by atoms with Crippen molar-refractivity contribution in [2.24, 2.45) is 0 Å². The van der Waals surface area contributed by atoms with Crippen molar-refractivity contribution in [3.63, 3.8) is 0 Å². The minimum atomic E-state index is 0.355. The van der Waals surface area contributed by atoms with Crippen molar-refractivity contribution < 1.29 is 4.74 Å². The van der Waals surface area contributed by atoms with Gasteiger partial charge in [-0.25, -0.2) is 0 Å². The van der Waals surface area contributed by atoms with Crippen LogP contribution < -0.4 is 0 Å². The molecule has 1 fully saturated rings. The van der Waals surface area contributed by atoms with Crippen LogP contribution in [0.3, 0.4) is 0 Å². The molecule has 0 saturated carbocycles. The van der Waals surface area contributed by atoms with Crippen LogP contribution in [0.2, 0.25) is 0 Å². The van der Waals surface area contributed by atoms with Crippen LogP contribution in [0.15, 0.2) is 34.9 Å². The Morgan fingerprint density at radius 2 is 2.13 bits per heavy atom. The highest BCUT2D eigenvalue weighted by Gasteiger charge is 2.19. The van der Waals surface area contributed by atoms with Gasteiger partial charge >= 0.3 is 0 Å². The minimum absolute atomic E-state index is 0.355. The van der Waals surface area contributed by atoms with E-state index in [4.69, 9.17) is 4.74 Å². The lowest BCUT2D eigenvalue weighted by Crippen LogP contribution is -2.21. The van der Waals surface area contributed by atoms with Gasteiger partial charge in [-0.3, -0.25) is 0 Å². The molecule has 1 saturated heterocycles. The summed E-state index contributed by atoms with van der Waals surface area (Å²) in [7, 11) is 0. The third kappa shape index (κ3) is 2.60. The summed E-state index contributed by atoms with van der Waals surface area (Å²) >= 11 is 0. The Bertz CT molecular complexity index is 314. The van der Waals surface area contributed by atoms with E-state index < -0.39 is 0 Å². The fourth-order valence-electron chi connectivity index (χ4n) is 2.31. The molecule has 1 atom stereocenters. The monoisotopic (exact) mass is 204 g/mol. The van der Waals surface area contributed by atoms with E-state index in [2.05, 4.69) is 32.1 Å². The smallest absolute Gasteiger partial charge is 0.0824 e. The van der Waals surface area contributed by atoms with Gasteiger partial charge in [-0.05, 0) is 45.1 Å². The summed E-state index contributed by atoms with van der Waals surface area (Å²) in [4.78, 5) is 0. The normalized spacial score (nSPS) is 27.6. The Morgan fingerprint density at radius 1 is 1.27 bits per heavy atom. The third-order valence-corrected chi connectivity index (χ3v) is 3.21. The molecule has 0 aromatic carbocycles. The van der Waals surface area contributed by atoms with Gasteiger partial charge in [0.2, 0.25) is 0 Å². The molecule has 15 heavy (non-hydrogen) atoms. The second kappa shape index (κ2) is 4.80. The lowest BCUT2D eigenvalue weighted by Gasteiger charge is -2.25. The maximum Gasteiger partial charge on any atom is 0.0824 e. The van der Waals surface area contributed by atoms with E-state index in [1.54, 1.807) is 0 Å². The third-order valence-electron chi connectivity index (χ3n) is 3.21. The summed E-state index contributed by atoms with van der Waals surface area (Å²) in [5.74, 6) is 0. The Morgan fingerprint density at radius 3 is 2.87 bits per heavy atom. The molecule has 2 aliphatic rings. The van der Waals surface area contributed by atoms with E-state index >= 15 is 0 Å². The van der Waals surface area contributed by atoms with Gasteiger partial charge in [0.25, 0.3) is 0 Å². The van der Waals surface area contributed by atoms with Crippen molar-refractivity contribution in [2.75, 3.05) is 6.61 Å². The molecule has 0 aromatic heterocycles. The fourth-order valence-corrected chi connectivity index (χ4v) is 2.31. The predicted octanol–water partition coefficient (Wildman–Crippen LogP) is 3.78. The molecule has 0 bridgehead atoms. The quantitative estimate of drug-likeness (QED) is 0.631. The van der Waals surface area contributed by atoms with Gasteiger partial charge in [-0.2, -0.15) is 0 Å². The molecule has 1 unspecified atom stereocenters. The van der Waals surface area contributed by atoms with E-state index in [1.165, 1.54) is 36.0 Å². The van der Waals surface area contributed by atoms with Crippen LogP contribution in [0.1, 0.15) is 39.5 Å². The summed E-state index contributed by atoms with van der Waals surface area (Å²) in [6.07, 6.45) is 11.9. The first-order valence-corrected chi connectivity index (χ1v) is 5.93. The van der Waals surface area contributed by atoms with Crippen LogP contribution in [0.5, 0.6) is 0 Å². The number of ether oxygens (including phenoxy) is 1. The van der Waals surface area contributed by atoms with Crippen molar-refractivity contribution in [3.05, 3.63) is 34.9 Å². The molecule has 1 heteroatoms. The van der Waals surface area contributed by atoms with Crippen LogP contribution in [0, 0.1) is 0 Å². The van der Waals surface area contributed by atoms with Crippen molar-refractivity contribution in [2.45, 2.75) is 45.6 Å². The van der Waals surface area contributed by atoms with Crippen LogP contribution in [0.25, 0.3) is 0 Å². The van der Waals surface area contributed by atoms with Gasteiger partial charge in [-0.1, -0.05) is 29.4 Å². The molecule has 82 valence electrons. The minimum Gasteiger partial charge on any atom is -0.374 e. The molecule has 0 radical (unpaired) electrons. The van der Waals surface area contributed by atoms with E-state index in [1.807, 2.05) is 0 Å². The topological polar surface area (TPSA) is 9.23 Å². The summed E-state index contributed by atoms with van der Waals surface area (Å²) < 4.78 is 5.86. The van der Waals surface area contributed by atoms with E-state index in [0.717, 1.165) is 13.0 Å². The zero-order chi connectivity index (χ0) is 10.7.